The lowest BCUT2D eigenvalue weighted by Gasteiger charge is -2.08. The lowest BCUT2D eigenvalue weighted by Crippen LogP contribution is -2.02. The van der Waals surface area contributed by atoms with Crippen LogP contribution in [0.3, 0.4) is 0 Å². The van der Waals surface area contributed by atoms with E-state index in [1.807, 2.05) is 0 Å². The molecule has 20 heavy (non-hydrogen) atoms. The number of aromatic carboxylic acids is 1. The van der Waals surface area contributed by atoms with E-state index in [-0.39, 0.29) is 28.3 Å². The maximum atomic E-state index is 13.4. The van der Waals surface area contributed by atoms with E-state index in [1.165, 1.54) is 30.3 Å². The predicted octanol–water partition coefficient (Wildman–Crippen LogP) is 2.77. The summed E-state index contributed by atoms with van der Waals surface area (Å²) >= 11 is 0. The van der Waals surface area contributed by atoms with Gasteiger partial charge in [-0.05, 0) is 30.3 Å². The van der Waals surface area contributed by atoms with Gasteiger partial charge in [-0.1, -0.05) is 0 Å². The van der Waals surface area contributed by atoms with Gasteiger partial charge in [0.2, 0.25) is 0 Å². The highest BCUT2D eigenvalue weighted by Crippen LogP contribution is 2.26. The number of halogens is 1. The van der Waals surface area contributed by atoms with Crippen LogP contribution in [-0.4, -0.2) is 11.1 Å². The van der Waals surface area contributed by atoms with Gasteiger partial charge >= 0.3 is 5.97 Å². The van der Waals surface area contributed by atoms with Crippen molar-refractivity contribution in [2.75, 3.05) is 5.73 Å². The third kappa shape index (κ3) is 2.67. The van der Waals surface area contributed by atoms with Gasteiger partial charge in [-0.25, -0.2) is 9.18 Å². The van der Waals surface area contributed by atoms with Gasteiger partial charge < -0.3 is 15.6 Å². The van der Waals surface area contributed by atoms with Crippen molar-refractivity contribution in [2.24, 2.45) is 0 Å². The van der Waals surface area contributed by atoms with Crippen LogP contribution in [0.15, 0.2) is 36.4 Å². The second-order valence-electron chi connectivity index (χ2n) is 3.91. The van der Waals surface area contributed by atoms with Crippen molar-refractivity contribution >= 4 is 11.7 Å². The van der Waals surface area contributed by atoms with E-state index < -0.39 is 11.8 Å². The highest BCUT2D eigenvalue weighted by atomic mass is 19.1. The molecule has 2 rings (SSSR count). The molecule has 0 fully saturated rings. The number of hydrogen-bond acceptors (Lipinski definition) is 4. The van der Waals surface area contributed by atoms with Crippen LogP contribution in [0.4, 0.5) is 10.1 Å². The zero-order valence-electron chi connectivity index (χ0n) is 10.1. The monoisotopic (exact) mass is 272 g/mol. The van der Waals surface area contributed by atoms with Crippen LogP contribution in [0.1, 0.15) is 15.9 Å². The van der Waals surface area contributed by atoms with Crippen molar-refractivity contribution in [1.82, 2.24) is 0 Å². The molecule has 0 aliphatic carbocycles. The Balaban J connectivity index is 2.31. The molecule has 3 N–H and O–H groups in total. The van der Waals surface area contributed by atoms with Crippen LogP contribution in [0.5, 0.6) is 11.5 Å². The molecular weight excluding hydrogens is 263 g/mol. The minimum atomic E-state index is -1.18. The molecule has 2 aromatic carbocycles. The number of nitrogens with zero attached hydrogens (tertiary/aromatic N) is 1. The molecule has 0 saturated carbocycles. The maximum Gasteiger partial charge on any atom is 0.337 e. The molecule has 0 bridgehead atoms. The van der Waals surface area contributed by atoms with Gasteiger partial charge in [0.1, 0.15) is 23.4 Å². The summed E-state index contributed by atoms with van der Waals surface area (Å²) in [6.45, 7) is 0. The van der Waals surface area contributed by atoms with Crippen molar-refractivity contribution < 1.29 is 19.0 Å². The lowest BCUT2D eigenvalue weighted by molar-refractivity contribution is 0.0697. The van der Waals surface area contributed by atoms with E-state index in [4.69, 9.17) is 20.8 Å². The highest BCUT2D eigenvalue weighted by Gasteiger charge is 2.10. The Morgan fingerprint density at radius 1 is 1.25 bits per heavy atom. The second-order valence-corrected chi connectivity index (χ2v) is 3.91. The van der Waals surface area contributed by atoms with Crippen molar-refractivity contribution in [2.45, 2.75) is 0 Å². The first-order valence-corrected chi connectivity index (χ1v) is 5.51. The van der Waals surface area contributed by atoms with Crippen LogP contribution in [0, 0.1) is 17.1 Å². The van der Waals surface area contributed by atoms with E-state index in [0.717, 1.165) is 6.07 Å². The van der Waals surface area contributed by atoms with Crippen molar-refractivity contribution in [1.29, 1.82) is 5.26 Å². The molecule has 0 aromatic heterocycles. The summed E-state index contributed by atoms with van der Waals surface area (Å²) < 4.78 is 18.7. The molecule has 0 unspecified atom stereocenters. The number of anilines is 1. The smallest absolute Gasteiger partial charge is 0.337 e. The third-order valence-corrected chi connectivity index (χ3v) is 2.55. The van der Waals surface area contributed by atoms with Crippen molar-refractivity contribution in [3.63, 3.8) is 0 Å². The Kier molecular flexibility index (Phi) is 3.53. The number of carbonyl (C=O) groups is 1. The van der Waals surface area contributed by atoms with E-state index in [2.05, 4.69) is 0 Å². The van der Waals surface area contributed by atoms with Gasteiger partial charge in [-0.2, -0.15) is 5.26 Å². The fourth-order valence-corrected chi connectivity index (χ4v) is 1.57. The Morgan fingerprint density at radius 3 is 2.50 bits per heavy atom. The zero-order chi connectivity index (χ0) is 14.7. The van der Waals surface area contributed by atoms with E-state index in [9.17, 15) is 9.18 Å². The normalized spacial score (nSPS) is 9.80. The molecule has 0 aliphatic rings. The summed E-state index contributed by atoms with van der Waals surface area (Å²) in [5.74, 6) is -1.53. The summed E-state index contributed by atoms with van der Waals surface area (Å²) in [7, 11) is 0. The molecule has 0 aliphatic heterocycles. The number of nitrogen functional groups attached to an aromatic ring is 1. The fourth-order valence-electron chi connectivity index (χ4n) is 1.57. The highest BCUT2D eigenvalue weighted by molar-refractivity contribution is 5.94. The first kappa shape index (κ1) is 13.4. The topological polar surface area (TPSA) is 96.3 Å². The van der Waals surface area contributed by atoms with Crippen molar-refractivity contribution in [3.05, 3.63) is 53.3 Å². The molecule has 0 atom stereocenters. The molecule has 0 radical (unpaired) electrons. The van der Waals surface area contributed by atoms with E-state index in [1.54, 1.807) is 6.07 Å². The number of carboxylic acids is 1. The number of nitrogens with two attached hydrogens (primary N) is 1. The lowest BCUT2D eigenvalue weighted by atomic mass is 10.1. The predicted molar refractivity (Wildman–Crippen MR) is 69.0 cm³/mol. The van der Waals surface area contributed by atoms with Gasteiger partial charge in [0.25, 0.3) is 0 Å². The van der Waals surface area contributed by atoms with E-state index in [0.29, 0.717) is 0 Å². The molecule has 100 valence electrons. The second kappa shape index (κ2) is 5.28. The van der Waals surface area contributed by atoms with E-state index >= 15 is 0 Å². The SMILES string of the molecule is N#Cc1ccc(Oc2ccc(N)c(C(=O)O)c2)cc1F. The Morgan fingerprint density at radius 2 is 1.90 bits per heavy atom. The number of benzene rings is 2. The first-order chi connectivity index (χ1) is 9.51. The summed E-state index contributed by atoms with van der Waals surface area (Å²) in [6, 6.07) is 9.54. The quantitative estimate of drug-likeness (QED) is 0.837. The van der Waals surface area contributed by atoms with Gasteiger partial charge in [-0.15, -0.1) is 0 Å². The largest absolute Gasteiger partial charge is 0.478 e. The Labute approximate surface area is 113 Å². The molecule has 0 heterocycles. The van der Waals surface area contributed by atoms with Crippen LogP contribution < -0.4 is 10.5 Å². The van der Waals surface area contributed by atoms with Crippen LogP contribution in [0.25, 0.3) is 0 Å². The molecule has 5 nitrogen and oxygen atoms in total. The first-order valence-electron chi connectivity index (χ1n) is 5.51. The average molecular weight is 272 g/mol. The molecule has 0 saturated heterocycles. The summed E-state index contributed by atoms with van der Waals surface area (Å²) in [5.41, 5.74) is 5.42. The zero-order valence-corrected chi connectivity index (χ0v) is 10.1. The van der Waals surface area contributed by atoms with Crippen molar-refractivity contribution in [3.8, 4) is 17.6 Å². The van der Waals surface area contributed by atoms with Gasteiger partial charge in [0.15, 0.2) is 0 Å². The maximum absolute atomic E-state index is 13.4. The summed E-state index contributed by atoms with van der Waals surface area (Å²) in [4.78, 5) is 10.9. The standard InChI is InChI=1S/C14H9FN2O3/c15-12-6-10(2-1-8(12)7-16)20-9-3-4-13(17)11(5-9)14(18)19/h1-6H,17H2,(H,18,19). The van der Waals surface area contributed by atoms with Gasteiger partial charge in [0, 0.05) is 11.8 Å². The van der Waals surface area contributed by atoms with Crippen LogP contribution in [0.2, 0.25) is 0 Å². The summed E-state index contributed by atoms with van der Waals surface area (Å²) in [5, 5.41) is 17.6. The number of hydrogen-bond donors (Lipinski definition) is 2. The van der Waals surface area contributed by atoms with Crippen LogP contribution in [-0.2, 0) is 0 Å². The molecule has 2 aromatic rings. The third-order valence-electron chi connectivity index (χ3n) is 2.55. The average Bonchev–Trinajstić information content (AvgIpc) is 2.41. The number of ether oxygens (including phenoxy) is 1. The Bertz CT molecular complexity index is 723. The molecule has 6 heteroatoms. The Hall–Kier alpha value is -3.07. The number of carboxylic acid groups (broad SMARTS) is 1. The summed E-state index contributed by atoms with van der Waals surface area (Å²) in [6.07, 6.45) is 0. The molecule has 0 spiro atoms. The molecule has 0 amide bonds. The molecular formula is C14H9FN2O3. The minimum Gasteiger partial charge on any atom is -0.478 e. The van der Waals surface area contributed by atoms with Crippen LogP contribution >= 0.6 is 0 Å². The minimum absolute atomic E-state index is 0.0964. The number of nitriles is 1. The number of rotatable bonds is 3. The fraction of sp³-hybridized carbons (Fsp3) is 0. The van der Waals surface area contributed by atoms with Gasteiger partial charge in [0.05, 0.1) is 11.1 Å². The van der Waals surface area contributed by atoms with Gasteiger partial charge in [-0.3, -0.25) is 0 Å².